The van der Waals surface area contributed by atoms with Gasteiger partial charge in [0.2, 0.25) is 0 Å². The van der Waals surface area contributed by atoms with Crippen molar-refractivity contribution in [3.63, 3.8) is 0 Å². The first-order valence-electron chi connectivity index (χ1n) is 7.91. The summed E-state index contributed by atoms with van der Waals surface area (Å²) in [7, 11) is 3.38. The zero-order chi connectivity index (χ0) is 18.1. The van der Waals surface area contributed by atoms with Crippen LogP contribution in [0.2, 0.25) is 0 Å². The Bertz CT molecular complexity index is 1050. The van der Waals surface area contributed by atoms with Crippen molar-refractivity contribution in [1.29, 1.82) is 0 Å². The number of nitrogens with zero attached hydrogens (tertiary/aromatic N) is 4. The van der Waals surface area contributed by atoms with Crippen molar-refractivity contribution >= 4 is 10.9 Å². The van der Waals surface area contributed by atoms with Gasteiger partial charge in [0.05, 0.1) is 18.3 Å². The lowest BCUT2D eigenvalue weighted by Crippen LogP contribution is -2.05. The van der Waals surface area contributed by atoms with Crippen molar-refractivity contribution < 1.29 is 18.4 Å². The number of aryl methyl sites for hydroxylation is 1. The molecule has 9 heteroatoms. The van der Waals surface area contributed by atoms with E-state index in [1.807, 2.05) is 13.2 Å². The van der Waals surface area contributed by atoms with Gasteiger partial charge in [-0.2, -0.15) is 10.2 Å². The van der Waals surface area contributed by atoms with E-state index in [0.717, 1.165) is 5.56 Å². The smallest absolute Gasteiger partial charge is 0.188 e. The Kier molecular flexibility index (Phi) is 4.13. The molecule has 0 aliphatic rings. The van der Waals surface area contributed by atoms with Crippen LogP contribution in [0.25, 0.3) is 33.6 Å². The molecule has 3 aromatic heterocycles. The molecule has 0 aliphatic heterocycles. The maximum Gasteiger partial charge on any atom is 0.188 e. The Morgan fingerprint density at radius 3 is 2.92 bits per heavy atom. The van der Waals surface area contributed by atoms with Crippen LogP contribution < -0.4 is 4.74 Å². The second kappa shape index (κ2) is 6.60. The molecule has 1 N–H and O–H groups in total. The van der Waals surface area contributed by atoms with Crippen molar-refractivity contribution in [2.75, 3.05) is 20.3 Å². The van der Waals surface area contributed by atoms with Crippen LogP contribution in [0.4, 0.5) is 4.39 Å². The van der Waals surface area contributed by atoms with Crippen molar-refractivity contribution in [2.24, 2.45) is 7.05 Å². The van der Waals surface area contributed by atoms with Crippen LogP contribution in [0.15, 0.2) is 35.1 Å². The molecule has 0 saturated heterocycles. The Labute approximate surface area is 147 Å². The number of rotatable bonds is 6. The summed E-state index contributed by atoms with van der Waals surface area (Å²) in [5, 5.41) is 15.8. The second-order valence-electron chi connectivity index (χ2n) is 5.72. The lowest BCUT2D eigenvalue weighted by Gasteiger charge is -2.06. The summed E-state index contributed by atoms with van der Waals surface area (Å²) < 4.78 is 31.7. The first-order chi connectivity index (χ1) is 12.7. The average Bonchev–Trinajstić information content (AvgIpc) is 3.34. The van der Waals surface area contributed by atoms with Gasteiger partial charge in [-0.15, -0.1) is 0 Å². The Morgan fingerprint density at radius 1 is 1.27 bits per heavy atom. The molecule has 0 radical (unpaired) electrons. The molecular weight excluding hydrogens is 341 g/mol. The number of methoxy groups -OCH3 is 1. The van der Waals surface area contributed by atoms with Crippen molar-refractivity contribution in [3.05, 3.63) is 36.4 Å². The normalized spacial score (nSPS) is 11.3. The zero-order valence-corrected chi connectivity index (χ0v) is 14.2. The summed E-state index contributed by atoms with van der Waals surface area (Å²) in [6.07, 6.45) is 3.52. The summed E-state index contributed by atoms with van der Waals surface area (Å²) in [5.41, 5.74) is 2.56. The van der Waals surface area contributed by atoms with Crippen LogP contribution in [0.3, 0.4) is 0 Å². The lowest BCUT2D eigenvalue weighted by molar-refractivity contribution is 0.144. The molecular formula is C17H16FN5O3. The van der Waals surface area contributed by atoms with Gasteiger partial charge in [-0.3, -0.25) is 9.78 Å². The molecule has 3 heterocycles. The number of hydrogen-bond donors (Lipinski definition) is 1. The lowest BCUT2D eigenvalue weighted by atomic mass is 10.1. The molecule has 0 amide bonds. The molecule has 8 nitrogen and oxygen atoms in total. The van der Waals surface area contributed by atoms with Gasteiger partial charge < -0.3 is 14.0 Å². The molecule has 0 aliphatic carbocycles. The predicted molar refractivity (Wildman–Crippen MR) is 91.1 cm³/mol. The quantitative estimate of drug-likeness (QED) is 0.534. The number of aromatic nitrogens is 5. The van der Waals surface area contributed by atoms with Gasteiger partial charge in [0.1, 0.15) is 18.0 Å². The number of fused-ring (bicyclic) bond motifs is 1. The molecule has 0 fully saturated rings. The van der Waals surface area contributed by atoms with Gasteiger partial charge in [-0.05, 0) is 6.07 Å². The SMILES string of the molecule is COCCOc1cc2[nH]nc(-c3cc(-c4cnn(C)c4)no3)c2cc1F. The maximum atomic E-state index is 14.3. The molecule has 0 spiro atoms. The third-order valence-corrected chi connectivity index (χ3v) is 3.90. The number of nitrogens with one attached hydrogen (secondary N) is 1. The molecule has 1 aromatic carbocycles. The van der Waals surface area contributed by atoms with E-state index in [9.17, 15) is 4.39 Å². The number of aromatic amines is 1. The number of halogens is 1. The molecule has 0 unspecified atom stereocenters. The maximum absolute atomic E-state index is 14.3. The highest BCUT2D eigenvalue weighted by atomic mass is 19.1. The Morgan fingerprint density at radius 2 is 2.15 bits per heavy atom. The third-order valence-electron chi connectivity index (χ3n) is 3.90. The Balaban J connectivity index is 1.67. The largest absolute Gasteiger partial charge is 0.488 e. The monoisotopic (exact) mass is 357 g/mol. The number of hydrogen-bond acceptors (Lipinski definition) is 6. The Hall–Kier alpha value is -3.20. The average molecular weight is 357 g/mol. The molecule has 26 heavy (non-hydrogen) atoms. The standard InChI is InChI=1S/C17H16FN5O3/c1-23-9-10(8-19-23)13-6-16(26-22-13)17-11-5-12(18)15(25-4-3-24-2)7-14(11)20-21-17/h5-9H,3-4H2,1-2H3,(H,20,21). The van der Waals surface area contributed by atoms with Gasteiger partial charge in [0, 0.05) is 43.4 Å². The molecule has 4 aromatic rings. The highest BCUT2D eigenvalue weighted by Crippen LogP contribution is 2.32. The number of ether oxygens (including phenoxy) is 2. The van der Waals surface area contributed by atoms with E-state index in [-0.39, 0.29) is 12.4 Å². The highest BCUT2D eigenvalue weighted by Gasteiger charge is 2.17. The van der Waals surface area contributed by atoms with Gasteiger partial charge in [-0.1, -0.05) is 5.16 Å². The topological polar surface area (TPSA) is 91.0 Å². The van der Waals surface area contributed by atoms with Crippen LogP contribution in [-0.4, -0.2) is 45.5 Å². The van der Waals surface area contributed by atoms with Crippen molar-refractivity contribution in [3.8, 4) is 28.5 Å². The van der Waals surface area contributed by atoms with Crippen LogP contribution >= 0.6 is 0 Å². The van der Waals surface area contributed by atoms with Crippen LogP contribution in [0.1, 0.15) is 0 Å². The van der Waals surface area contributed by atoms with E-state index in [0.29, 0.717) is 34.7 Å². The first-order valence-corrected chi connectivity index (χ1v) is 7.91. The van der Waals surface area contributed by atoms with E-state index in [2.05, 4.69) is 20.5 Å². The fourth-order valence-electron chi connectivity index (χ4n) is 2.63. The van der Waals surface area contributed by atoms with Crippen LogP contribution in [-0.2, 0) is 11.8 Å². The summed E-state index contributed by atoms with van der Waals surface area (Å²) in [4.78, 5) is 0. The summed E-state index contributed by atoms with van der Waals surface area (Å²) in [5.74, 6) is 0.0872. The summed E-state index contributed by atoms with van der Waals surface area (Å²) in [6.45, 7) is 0.636. The third kappa shape index (κ3) is 2.93. The number of H-pyrrole nitrogens is 1. The van der Waals surface area contributed by atoms with E-state index in [1.54, 1.807) is 30.1 Å². The van der Waals surface area contributed by atoms with Crippen molar-refractivity contribution in [2.45, 2.75) is 0 Å². The second-order valence-corrected chi connectivity index (χ2v) is 5.72. The first kappa shape index (κ1) is 16.3. The van der Waals surface area contributed by atoms with Gasteiger partial charge in [0.15, 0.2) is 17.3 Å². The van der Waals surface area contributed by atoms with Crippen LogP contribution in [0, 0.1) is 5.82 Å². The highest BCUT2D eigenvalue weighted by molar-refractivity contribution is 5.92. The zero-order valence-electron chi connectivity index (χ0n) is 14.2. The molecule has 0 bridgehead atoms. The van der Waals surface area contributed by atoms with Gasteiger partial charge in [0.25, 0.3) is 0 Å². The molecule has 134 valence electrons. The van der Waals surface area contributed by atoms with E-state index in [4.69, 9.17) is 14.0 Å². The minimum Gasteiger partial charge on any atom is -0.488 e. The fraction of sp³-hybridized carbons (Fsp3) is 0.235. The van der Waals surface area contributed by atoms with Crippen molar-refractivity contribution in [1.82, 2.24) is 25.1 Å². The molecule has 0 saturated carbocycles. The fourth-order valence-corrected chi connectivity index (χ4v) is 2.63. The van der Waals surface area contributed by atoms with Crippen LogP contribution in [0.5, 0.6) is 5.75 Å². The molecule has 4 rings (SSSR count). The summed E-state index contributed by atoms with van der Waals surface area (Å²) in [6, 6.07) is 4.67. The van der Waals surface area contributed by atoms with E-state index in [1.165, 1.54) is 6.07 Å². The van der Waals surface area contributed by atoms with E-state index >= 15 is 0 Å². The van der Waals surface area contributed by atoms with E-state index < -0.39 is 5.82 Å². The molecule has 0 atom stereocenters. The number of benzene rings is 1. The minimum atomic E-state index is -0.483. The minimum absolute atomic E-state index is 0.137. The van der Waals surface area contributed by atoms with Gasteiger partial charge >= 0.3 is 0 Å². The van der Waals surface area contributed by atoms with Gasteiger partial charge in [-0.25, -0.2) is 4.39 Å². The predicted octanol–water partition coefficient (Wildman–Crippen LogP) is 2.78. The summed E-state index contributed by atoms with van der Waals surface area (Å²) >= 11 is 0.